The molecule has 0 spiro atoms. The van der Waals surface area contributed by atoms with E-state index < -0.39 is 0 Å². The minimum atomic E-state index is 0.718. The van der Waals surface area contributed by atoms with E-state index in [4.69, 9.17) is 9.73 Å². The van der Waals surface area contributed by atoms with Crippen LogP contribution in [0.15, 0.2) is 71.6 Å². The molecule has 0 aliphatic rings. The van der Waals surface area contributed by atoms with Gasteiger partial charge in [-0.25, -0.2) is 4.99 Å². The Hall–Kier alpha value is -2.59. The first kappa shape index (κ1) is 16.3. The second-order valence-corrected chi connectivity index (χ2v) is 6.32. The van der Waals surface area contributed by atoms with Gasteiger partial charge in [0.25, 0.3) is 0 Å². The summed E-state index contributed by atoms with van der Waals surface area (Å²) < 4.78 is 7.42. The zero-order chi connectivity index (χ0) is 16.9. The molecule has 0 N–H and O–H groups in total. The van der Waals surface area contributed by atoms with Crippen molar-refractivity contribution in [2.45, 2.75) is 13.5 Å². The Morgan fingerprint density at radius 2 is 2.00 bits per heavy atom. The van der Waals surface area contributed by atoms with E-state index in [-0.39, 0.29) is 0 Å². The summed E-state index contributed by atoms with van der Waals surface area (Å²) in [6, 6.07) is 16.3. The lowest BCUT2D eigenvalue weighted by molar-refractivity contribution is 0.415. The van der Waals surface area contributed by atoms with Crippen LogP contribution in [-0.4, -0.2) is 11.7 Å². The maximum atomic E-state index is 5.24. The van der Waals surface area contributed by atoms with E-state index in [1.54, 1.807) is 18.4 Å². The molecular formula is C20H20N2OS. The zero-order valence-corrected chi connectivity index (χ0v) is 14.7. The van der Waals surface area contributed by atoms with Gasteiger partial charge in [-0.2, -0.15) is 0 Å². The number of hydrogen-bond donors (Lipinski definition) is 0. The number of rotatable bonds is 5. The maximum Gasteiger partial charge on any atom is 0.190 e. The van der Waals surface area contributed by atoms with Crippen LogP contribution in [0.5, 0.6) is 5.75 Å². The molecule has 0 atom stereocenters. The van der Waals surface area contributed by atoms with Gasteiger partial charge in [-0.1, -0.05) is 18.2 Å². The molecular weight excluding hydrogens is 316 g/mol. The lowest BCUT2D eigenvalue weighted by atomic mass is 10.1. The predicted octanol–water partition coefficient (Wildman–Crippen LogP) is 4.95. The van der Waals surface area contributed by atoms with Gasteiger partial charge in [0.05, 0.1) is 18.5 Å². The molecule has 0 fully saturated rings. The molecule has 0 aliphatic carbocycles. The fourth-order valence-corrected chi connectivity index (χ4v) is 3.46. The Morgan fingerprint density at radius 3 is 2.67 bits per heavy atom. The van der Waals surface area contributed by atoms with Crippen LogP contribution < -0.4 is 9.54 Å². The number of allylic oxidation sites excluding steroid dienone is 1. The van der Waals surface area contributed by atoms with Crippen LogP contribution in [0.2, 0.25) is 0 Å². The highest BCUT2D eigenvalue weighted by atomic mass is 32.1. The first-order valence-corrected chi connectivity index (χ1v) is 8.64. The fourth-order valence-electron chi connectivity index (χ4n) is 2.52. The monoisotopic (exact) mass is 336 g/mol. The highest BCUT2D eigenvalue weighted by molar-refractivity contribution is 7.07. The molecule has 24 heavy (non-hydrogen) atoms. The van der Waals surface area contributed by atoms with E-state index in [2.05, 4.69) is 47.7 Å². The number of ether oxygens (including phenoxy) is 1. The second-order valence-electron chi connectivity index (χ2n) is 5.48. The first-order chi connectivity index (χ1) is 11.7. The van der Waals surface area contributed by atoms with Gasteiger partial charge in [0.1, 0.15) is 5.75 Å². The number of aromatic nitrogens is 1. The molecule has 0 radical (unpaired) electrons. The summed E-state index contributed by atoms with van der Waals surface area (Å²) in [5.74, 6) is 0.855. The van der Waals surface area contributed by atoms with E-state index in [0.717, 1.165) is 34.0 Å². The molecule has 0 saturated carbocycles. The van der Waals surface area contributed by atoms with Crippen LogP contribution in [-0.2, 0) is 6.54 Å². The van der Waals surface area contributed by atoms with Crippen molar-refractivity contribution in [2.75, 3.05) is 7.11 Å². The van der Waals surface area contributed by atoms with Crippen molar-refractivity contribution < 1.29 is 4.74 Å². The number of methoxy groups -OCH3 is 1. The number of hydrogen-bond acceptors (Lipinski definition) is 3. The first-order valence-electron chi connectivity index (χ1n) is 7.76. The van der Waals surface area contributed by atoms with Crippen LogP contribution in [0.3, 0.4) is 0 Å². The van der Waals surface area contributed by atoms with E-state index in [1.165, 1.54) is 5.56 Å². The largest absolute Gasteiger partial charge is 0.497 e. The normalized spacial score (nSPS) is 11.5. The Balaban J connectivity index is 2.08. The molecule has 1 heterocycles. The molecule has 1 aromatic heterocycles. The Kier molecular flexibility index (Phi) is 4.96. The van der Waals surface area contributed by atoms with Crippen LogP contribution in [0.25, 0.3) is 11.3 Å². The summed E-state index contributed by atoms with van der Waals surface area (Å²) >= 11 is 1.64. The number of nitrogens with zero attached hydrogens (tertiary/aromatic N) is 2. The van der Waals surface area contributed by atoms with Gasteiger partial charge in [0.15, 0.2) is 4.80 Å². The van der Waals surface area contributed by atoms with Crippen LogP contribution >= 0.6 is 11.3 Å². The van der Waals surface area contributed by atoms with Crippen molar-refractivity contribution in [1.82, 2.24) is 4.57 Å². The molecule has 3 nitrogen and oxygen atoms in total. The quantitative estimate of drug-likeness (QED) is 0.605. The second kappa shape index (κ2) is 7.32. The van der Waals surface area contributed by atoms with E-state index in [0.29, 0.717) is 0 Å². The summed E-state index contributed by atoms with van der Waals surface area (Å²) in [5.41, 5.74) is 4.45. The highest BCUT2D eigenvalue weighted by Gasteiger charge is 2.07. The van der Waals surface area contributed by atoms with Crippen LogP contribution in [0.1, 0.15) is 5.56 Å². The van der Waals surface area contributed by atoms with Gasteiger partial charge in [0.2, 0.25) is 0 Å². The molecule has 4 heteroatoms. The number of aryl methyl sites for hydroxylation is 1. The maximum absolute atomic E-state index is 5.24. The molecule has 2 aromatic carbocycles. The average molecular weight is 336 g/mol. The molecule has 0 unspecified atom stereocenters. The van der Waals surface area contributed by atoms with Crippen LogP contribution in [0, 0.1) is 6.92 Å². The van der Waals surface area contributed by atoms with Gasteiger partial charge in [0, 0.05) is 11.9 Å². The zero-order valence-electron chi connectivity index (χ0n) is 13.9. The smallest absolute Gasteiger partial charge is 0.190 e. The SMILES string of the molecule is C=CCn1c(-c2ccc(OC)cc2)csc1=Nc1cccc(C)c1. The molecule has 0 saturated heterocycles. The van der Waals surface area contributed by atoms with Crippen LogP contribution in [0.4, 0.5) is 5.69 Å². The Labute approximate surface area is 146 Å². The van der Waals surface area contributed by atoms with Crippen molar-refractivity contribution in [3.63, 3.8) is 0 Å². The van der Waals surface area contributed by atoms with Crippen molar-refractivity contribution in [1.29, 1.82) is 0 Å². The van der Waals surface area contributed by atoms with Gasteiger partial charge in [-0.3, -0.25) is 0 Å². The van der Waals surface area contributed by atoms with Crippen molar-refractivity contribution >= 4 is 17.0 Å². The molecule has 0 aliphatic heterocycles. The lowest BCUT2D eigenvalue weighted by Gasteiger charge is -2.07. The van der Waals surface area contributed by atoms with Gasteiger partial charge in [-0.05, 0) is 54.4 Å². The summed E-state index contributed by atoms with van der Waals surface area (Å²) in [7, 11) is 1.68. The average Bonchev–Trinajstić information content (AvgIpc) is 2.98. The minimum Gasteiger partial charge on any atom is -0.497 e. The summed E-state index contributed by atoms with van der Waals surface area (Å²) in [5, 5.41) is 2.14. The predicted molar refractivity (Wildman–Crippen MR) is 101 cm³/mol. The van der Waals surface area contributed by atoms with E-state index >= 15 is 0 Å². The summed E-state index contributed by atoms with van der Waals surface area (Å²) in [6.07, 6.45) is 1.90. The van der Waals surface area contributed by atoms with Crippen molar-refractivity contribution in [3.05, 3.63) is 76.9 Å². The van der Waals surface area contributed by atoms with Gasteiger partial charge >= 0.3 is 0 Å². The third kappa shape index (κ3) is 3.49. The lowest BCUT2D eigenvalue weighted by Crippen LogP contribution is -2.14. The van der Waals surface area contributed by atoms with E-state index in [9.17, 15) is 0 Å². The highest BCUT2D eigenvalue weighted by Crippen LogP contribution is 2.23. The molecule has 0 amide bonds. The molecule has 122 valence electrons. The third-order valence-corrected chi connectivity index (χ3v) is 4.59. The molecule has 3 aromatic rings. The van der Waals surface area contributed by atoms with Gasteiger partial charge < -0.3 is 9.30 Å². The standard InChI is InChI=1S/C20H20N2OS/c1-4-12-22-19(16-8-10-18(23-3)11-9-16)14-24-20(22)21-17-7-5-6-15(2)13-17/h4-11,13-14H,1,12H2,2-3H3. The summed E-state index contributed by atoms with van der Waals surface area (Å²) in [4.78, 5) is 5.77. The summed E-state index contributed by atoms with van der Waals surface area (Å²) in [6.45, 7) is 6.68. The topological polar surface area (TPSA) is 26.5 Å². The molecule has 3 rings (SSSR count). The third-order valence-electron chi connectivity index (χ3n) is 3.72. The molecule has 0 bridgehead atoms. The van der Waals surface area contributed by atoms with Gasteiger partial charge in [-0.15, -0.1) is 17.9 Å². The van der Waals surface area contributed by atoms with Crippen molar-refractivity contribution in [2.24, 2.45) is 4.99 Å². The Morgan fingerprint density at radius 1 is 1.21 bits per heavy atom. The van der Waals surface area contributed by atoms with Crippen molar-refractivity contribution in [3.8, 4) is 17.0 Å². The van der Waals surface area contributed by atoms with E-state index in [1.807, 2.05) is 30.3 Å². The number of benzene rings is 2. The minimum absolute atomic E-state index is 0.718. The fraction of sp³-hybridized carbons (Fsp3) is 0.150. The Bertz CT molecular complexity index is 904. The number of thiazole rings is 1.